The Labute approximate surface area is 102 Å². The molecule has 2 rings (SSSR count). The van der Waals surface area contributed by atoms with Gasteiger partial charge in [-0.25, -0.2) is 0 Å². The van der Waals surface area contributed by atoms with Crippen LogP contribution in [-0.2, 0) is 6.54 Å². The predicted octanol–water partition coefficient (Wildman–Crippen LogP) is 2.03. The van der Waals surface area contributed by atoms with Crippen LogP contribution in [0.4, 0.5) is 6.01 Å². The first-order chi connectivity index (χ1) is 8.13. The first-order valence-corrected chi connectivity index (χ1v) is 6.43. The van der Waals surface area contributed by atoms with Crippen molar-refractivity contribution in [3.8, 4) is 0 Å². The third-order valence-electron chi connectivity index (χ3n) is 3.00. The molecule has 17 heavy (non-hydrogen) atoms. The van der Waals surface area contributed by atoms with Gasteiger partial charge in [0.15, 0.2) is 0 Å². The van der Waals surface area contributed by atoms with Crippen molar-refractivity contribution in [3.63, 3.8) is 0 Å². The van der Waals surface area contributed by atoms with Crippen LogP contribution in [0.15, 0.2) is 4.42 Å². The van der Waals surface area contributed by atoms with E-state index in [1.165, 1.54) is 12.8 Å². The number of anilines is 1. The minimum absolute atomic E-state index is 0.516. The number of rotatable bonds is 6. The molecule has 0 aromatic carbocycles. The van der Waals surface area contributed by atoms with Crippen molar-refractivity contribution < 1.29 is 4.42 Å². The average Bonchev–Trinajstić information content (AvgIpc) is 2.63. The summed E-state index contributed by atoms with van der Waals surface area (Å²) in [4.78, 5) is 0. The summed E-state index contributed by atoms with van der Waals surface area (Å²) in [6.45, 7) is 8.21. The monoisotopic (exact) mass is 238 g/mol. The van der Waals surface area contributed by atoms with Crippen LogP contribution in [0.2, 0.25) is 0 Å². The normalized spacial score (nSPS) is 23.8. The lowest BCUT2D eigenvalue weighted by atomic mass is 9.82. The molecule has 1 aliphatic rings. The lowest BCUT2D eigenvalue weighted by molar-refractivity contribution is 0.302. The summed E-state index contributed by atoms with van der Waals surface area (Å²) in [6.07, 6.45) is 2.40. The molecular weight excluding hydrogens is 216 g/mol. The van der Waals surface area contributed by atoms with E-state index in [4.69, 9.17) is 4.42 Å². The van der Waals surface area contributed by atoms with Gasteiger partial charge in [-0.05, 0) is 31.2 Å². The molecule has 0 amide bonds. The van der Waals surface area contributed by atoms with Crippen LogP contribution < -0.4 is 10.6 Å². The highest BCUT2D eigenvalue weighted by Crippen LogP contribution is 2.28. The van der Waals surface area contributed by atoms with E-state index in [0.29, 0.717) is 30.4 Å². The van der Waals surface area contributed by atoms with Crippen LogP contribution >= 0.6 is 0 Å². The second-order valence-electron chi connectivity index (χ2n) is 5.44. The van der Waals surface area contributed by atoms with Gasteiger partial charge in [0, 0.05) is 6.04 Å². The quantitative estimate of drug-likeness (QED) is 0.794. The molecule has 96 valence electrons. The summed E-state index contributed by atoms with van der Waals surface area (Å²) < 4.78 is 5.51. The molecule has 0 spiro atoms. The van der Waals surface area contributed by atoms with E-state index in [1.54, 1.807) is 0 Å². The van der Waals surface area contributed by atoms with Gasteiger partial charge in [-0.15, -0.1) is 5.10 Å². The zero-order chi connectivity index (χ0) is 12.3. The van der Waals surface area contributed by atoms with E-state index in [-0.39, 0.29) is 0 Å². The predicted molar refractivity (Wildman–Crippen MR) is 66.7 cm³/mol. The third-order valence-corrected chi connectivity index (χ3v) is 3.00. The number of nitrogens with one attached hydrogen (secondary N) is 2. The van der Waals surface area contributed by atoms with Gasteiger partial charge >= 0.3 is 6.01 Å². The smallest absolute Gasteiger partial charge is 0.315 e. The van der Waals surface area contributed by atoms with Crippen molar-refractivity contribution in [2.24, 2.45) is 11.8 Å². The second kappa shape index (κ2) is 5.49. The van der Waals surface area contributed by atoms with Crippen molar-refractivity contribution in [2.75, 3.05) is 11.9 Å². The molecule has 0 bridgehead atoms. The number of hydrogen-bond acceptors (Lipinski definition) is 5. The Morgan fingerprint density at radius 3 is 2.76 bits per heavy atom. The van der Waals surface area contributed by atoms with E-state index < -0.39 is 0 Å². The van der Waals surface area contributed by atoms with Crippen LogP contribution in [0.1, 0.15) is 39.5 Å². The Balaban J connectivity index is 1.72. The molecule has 1 aromatic rings. The van der Waals surface area contributed by atoms with Crippen molar-refractivity contribution in [3.05, 3.63) is 5.89 Å². The minimum Gasteiger partial charge on any atom is -0.407 e. The lowest BCUT2D eigenvalue weighted by Gasteiger charge is -2.32. The number of aromatic nitrogens is 2. The van der Waals surface area contributed by atoms with Crippen LogP contribution in [0.5, 0.6) is 0 Å². The first-order valence-electron chi connectivity index (χ1n) is 6.43. The van der Waals surface area contributed by atoms with E-state index in [0.717, 1.165) is 12.5 Å². The number of hydrogen-bond donors (Lipinski definition) is 2. The zero-order valence-corrected chi connectivity index (χ0v) is 10.9. The lowest BCUT2D eigenvalue weighted by Crippen LogP contribution is -2.33. The van der Waals surface area contributed by atoms with Gasteiger partial charge in [0.05, 0.1) is 6.54 Å². The van der Waals surface area contributed by atoms with E-state index in [1.807, 2.05) is 0 Å². The molecule has 1 saturated carbocycles. The first kappa shape index (κ1) is 12.4. The average molecular weight is 238 g/mol. The highest BCUT2D eigenvalue weighted by atomic mass is 16.4. The molecule has 1 fully saturated rings. The molecule has 0 saturated heterocycles. The molecule has 5 nitrogen and oxygen atoms in total. The Hall–Kier alpha value is -1.10. The highest BCUT2D eigenvalue weighted by Gasteiger charge is 2.26. The minimum atomic E-state index is 0.516. The largest absolute Gasteiger partial charge is 0.407 e. The van der Waals surface area contributed by atoms with Crippen LogP contribution in [0.3, 0.4) is 0 Å². The Morgan fingerprint density at radius 1 is 1.35 bits per heavy atom. The van der Waals surface area contributed by atoms with E-state index in [2.05, 4.69) is 41.6 Å². The summed E-state index contributed by atoms with van der Waals surface area (Å²) in [6, 6.07) is 1.07. The molecule has 1 heterocycles. The maximum atomic E-state index is 5.51. The highest BCUT2D eigenvalue weighted by molar-refractivity contribution is 5.21. The number of nitrogens with zero attached hydrogens (tertiary/aromatic N) is 2. The van der Waals surface area contributed by atoms with Gasteiger partial charge in [-0.2, -0.15) is 0 Å². The fraction of sp³-hybridized carbons (Fsp3) is 0.833. The van der Waals surface area contributed by atoms with Gasteiger partial charge in [0.25, 0.3) is 0 Å². The fourth-order valence-corrected chi connectivity index (χ4v) is 2.05. The topological polar surface area (TPSA) is 63.0 Å². The van der Waals surface area contributed by atoms with Crippen molar-refractivity contribution in [1.82, 2.24) is 15.5 Å². The van der Waals surface area contributed by atoms with Gasteiger partial charge in [-0.1, -0.05) is 25.9 Å². The van der Waals surface area contributed by atoms with Crippen molar-refractivity contribution in [2.45, 2.75) is 46.2 Å². The summed E-state index contributed by atoms with van der Waals surface area (Å²) in [5.74, 6) is 2.11. The van der Waals surface area contributed by atoms with Gasteiger partial charge in [0.1, 0.15) is 0 Å². The molecule has 0 atom stereocenters. The molecule has 1 aliphatic carbocycles. The zero-order valence-electron chi connectivity index (χ0n) is 10.9. The standard InChI is InChI=1S/C12H22N4O/c1-8(2)6-13-7-11-15-16-12(17-11)14-10-4-9(3)5-10/h8-10,13H,4-7H2,1-3H3,(H,14,16). The van der Waals surface area contributed by atoms with Crippen molar-refractivity contribution >= 4 is 6.01 Å². The van der Waals surface area contributed by atoms with Crippen LogP contribution in [0, 0.1) is 11.8 Å². The Bertz CT molecular complexity index is 344. The summed E-state index contributed by atoms with van der Waals surface area (Å²) in [5.41, 5.74) is 0. The van der Waals surface area contributed by atoms with Crippen molar-refractivity contribution in [1.29, 1.82) is 0 Å². The third kappa shape index (κ3) is 3.70. The van der Waals surface area contributed by atoms with Gasteiger partial charge in [0.2, 0.25) is 5.89 Å². The molecular formula is C12H22N4O. The van der Waals surface area contributed by atoms with Gasteiger partial charge < -0.3 is 15.1 Å². The van der Waals surface area contributed by atoms with Crippen LogP contribution in [-0.4, -0.2) is 22.8 Å². The summed E-state index contributed by atoms with van der Waals surface area (Å²) in [5, 5.41) is 14.5. The summed E-state index contributed by atoms with van der Waals surface area (Å²) in [7, 11) is 0. The molecule has 0 aliphatic heterocycles. The fourth-order valence-electron chi connectivity index (χ4n) is 2.05. The van der Waals surface area contributed by atoms with Crippen LogP contribution in [0.25, 0.3) is 0 Å². The molecule has 5 heteroatoms. The maximum Gasteiger partial charge on any atom is 0.315 e. The summed E-state index contributed by atoms with van der Waals surface area (Å²) >= 11 is 0. The molecule has 1 aromatic heterocycles. The maximum absolute atomic E-state index is 5.51. The Kier molecular flexibility index (Phi) is 3.99. The molecule has 0 radical (unpaired) electrons. The second-order valence-corrected chi connectivity index (χ2v) is 5.44. The SMILES string of the molecule is CC(C)CNCc1nnc(NC2CC(C)C2)o1. The van der Waals surface area contributed by atoms with E-state index in [9.17, 15) is 0 Å². The van der Waals surface area contributed by atoms with E-state index >= 15 is 0 Å². The Morgan fingerprint density at radius 2 is 2.12 bits per heavy atom. The molecule has 0 unspecified atom stereocenters. The molecule has 2 N–H and O–H groups in total. The van der Waals surface area contributed by atoms with Gasteiger partial charge in [-0.3, -0.25) is 0 Å².